The zero-order valence-corrected chi connectivity index (χ0v) is 17.5. The molecule has 0 atom stereocenters. The van der Waals surface area contributed by atoms with Crippen molar-refractivity contribution >= 4 is 35.6 Å². The maximum Gasteiger partial charge on any atom is 0.278 e. The monoisotopic (exact) mass is 452 g/mol. The molecule has 12 nitrogen and oxygen atoms in total. The molecule has 0 saturated heterocycles. The van der Waals surface area contributed by atoms with Crippen LogP contribution in [0.4, 0.5) is 11.4 Å². The highest BCUT2D eigenvalue weighted by atomic mass is 16.6. The number of hydrogen-bond donors (Lipinski definition) is 2. The largest absolute Gasteiger partial charge is 0.278 e. The molecule has 12 heteroatoms. The number of amides is 2. The van der Waals surface area contributed by atoms with Gasteiger partial charge in [-0.1, -0.05) is 43.7 Å². The van der Waals surface area contributed by atoms with E-state index in [9.17, 15) is 29.8 Å². The summed E-state index contributed by atoms with van der Waals surface area (Å²) in [5, 5.41) is 29.5. The predicted molar refractivity (Wildman–Crippen MR) is 121 cm³/mol. The molecule has 33 heavy (non-hydrogen) atoms. The van der Waals surface area contributed by atoms with Crippen LogP contribution in [0.3, 0.4) is 0 Å². The van der Waals surface area contributed by atoms with E-state index in [0.29, 0.717) is 12.8 Å². The lowest BCUT2D eigenvalue weighted by Crippen LogP contribution is -2.30. The average molecular weight is 452 g/mol. The van der Waals surface area contributed by atoms with E-state index in [-0.39, 0.29) is 28.1 Å². The smallest absolute Gasteiger partial charge is 0.267 e. The Morgan fingerprint density at radius 3 is 1.67 bits per heavy atom. The van der Waals surface area contributed by atoms with Crippen molar-refractivity contribution in [1.82, 2.24) is 10.9 Å². The van der Waals surface area contributed by atoms with Crippen LogP contribution < -0.4 is 10.9 Å². The number of unbranched alkanes of at least 4 members (excludes halogenated alkanes) is 1. The third kappa shape index (κ3) is 7.17. The van der Waals surface area contributed by atoms with Gasteiger partial charge in [-0.2, -0.15) is 10.2 Å². The van der Waals surface area contributed by atoms with Gasteiger partial charge in [0.1, 0.15) is 5.57 Å². The number of nitrogens with zero attached hydrogens (tertiary/aromatic N) is 4. The van der Waals surface area contributed by atoms with E-state index in [0.717, 1.165) is 12.4 Å². The van der Waals surface area contributed by atoms with Gasteiger partial charge in [0.25, 0.3) is 23.2 Å². The topological polar surface area (TPSA) is 169 Å². The van der Waals surface area contributed by atoms with E-state index >= 15 is 0 Å². The van der Waals surface area contributed by atoms with E-state index in [4.69, 9.17) is 0 Å². The molecule has 2 aromatic rings. The Balaban J connectivity index is 2.11. The van der Waals surface area contributed by atoms with E-state index < -0.39 is 21.7 Å². The number of carbonyl (C=O) groups is 2. The molecule has 0 spiro atoms. The summed E-state index contributed by atoms with van der Waals surface area (Å²) in [5.74, 6) is -1.70. The molecular formula is C21H20N6O6. The summed E-state index contributed by atoms with van der Waals surface area (Å²) in [4.78, 5) is 45.8. The fourth-order valence-corrected chi connectivity index (χ4v) is 2.54. The highest BCUT2D eigenvalue weighted by Gasteiger charge is 2.18. The Morgan fingerprint density at radius 2 is 1.27 bits per heavy atom. The summed E-state index contributed by atoms with van der Waals surface area (Å²) < 4.78 is 0. The maximum absolute atomic E-state index is 12.4. The number of allylic oxidation sites excluding steroid dienone is 1. The van der Waals surface area contributed by atoms with Gasteiger partial charge in [0.2, 0.25) is 0 Å². The van der Waals surface area contributed by atoms with E-state index in [1.165, 1.54) is 42.5 Å². The average Bonchev–Trinajstić information content (AvgIpc) is 2.79. The van der Waals surface area contributed by atoms with Gasteiger partial charge in [-0.25, -0.2) is 10.9 Å². The van der Waals surface area contributed by atoms with Crippen molar-refractivity contribution < 1.29 is 19.4 Å². The van der Waals surface area contributed by atoms with Crippen LogP contribution >= 0.6 is 0 Å². The fraction of sp³-hybridized carbons (Fsp3) is 0.143. The van der Waals surface area contributed by atoms with Crippen LogP contribution in [0.25, 0.3) is 0 Å². The number of hydrazone groups is 2. The fourth-order valence-electron chi connectivity index (χ4n) is 2.54. The van der Waals surface area contributed by atoms with Crippen LogP contribution in [-0.4, -0.2) is 34.1 Å². The third-order valence-electron chi connectivity index (χ3n) is 4.13. The number of hydrogen-bond acceptors (Lipinski definition) is 8. The van der Waals surface area contributed by atoms with Crippen LogP contribution in [-0.2, 0) is 9.59 Å². The lowest BCUT2D eigenvalue weighted by Gasteiger charge is -2.05. The number of para-hydroxylation sites is 2. The van der Waals surface area contributed by atoms with E-state index in [2.05, 4.69) is 21.1 Å². The van der Waals surface area contributed by atoms with Gasteiger partial charge in [-0.05, 0) is 18.6 Å². The van der Waals surface area contributed by atoms with Crippen molar-refractivity contribution in [3.63, 3.8) is 0 Å². The molecule has 2 rings (SSSR count). The number of nitro groups is 2. The van der Waals surface area contributed by atoms with Gasteiger partial charge in [0.15, 0.2) is 0 Å². The first-order chi connectivity index (χ1) is 15.8. The summed E-state index contributed by atoms with van der Waals surface area (Å²) in [7, 11) is 0. The van der Waals surface area contributed by atoms with E-state index in [1.54, 1.807) is 12.1 Å². The number of rotatable bonds is 10. The van der Waals surface area contributed by atoms with Crippen molar-refractivity contribution in [2.45, 2.75) is 19.8 Å². The summed E-state index contributed by atoms with van der Waals surface area (Å²) in [5.41, 5.74) is 3.98. The molecule has 0 saturated carbocycles. The maximum atomic E-state index is 12.4. The van der Waals surface area contributed by atoms with Crippen LogP contribution in [0.5, 0.6) is 0 Å². The molecule has 2 amide bonds. The van der Waals surface area contributed by atoms with Crippen molar-refractivity contribution in [3.8, 4) is 0 Å². The minimum Gasteiger partial charge on any atom is -0.267 e. The third-order valence-corrected chi connectivity index (χ3v) is 4.13. The molecule has 0 bridgehead atoms. The molecule has 0 aliphatic rings. The predicted octanol–water partition coefficient (Wildman–Crippen LogP) is 2.83. The molecule has 0 radical (unpaired) electrons. The van der Waals surface area contributed by atoms with Crippen molar-refractivity contribution in [1.29, 1.82) is 0 Å². The van der Waals surface area contributed by atoms with Gasteiger partial charge in [-0.15, -0.1) is 0 Å². The van der Waals surface area contributed by atoms with Crippen LogP contribution in [0.2, 0.25) is 0 Å². The second-order valence-electron chi connectivity index (χ2n) is 6.44. The molecule has 0 unspecified atom stereocenters. The lowest BCUT2D eigenvalue weighted by atomic mass is 10.1. The van der Waals surface area contributed by atoms with Crippen molar-refractivity contribution in [2.24, 2.45) is 10.2 Å². The molecule has 0 aliphatic heterocycles. The van der Waals surface area contributed by atoms with Crippen LogP contribution in [0.15, 0.2) is 70.4 Å². The first-order valence-electron chi connectivity index (χ1n) is 9.69. The van der Waals surface area contributed by atoms with E-state index in [1.807, 2.05) is 6.92 Å². The minimum absolute atomic E-state index is 0.167. The van der Waals surface area contributed by atoms with Gasteiger partial charge in [0.05, 0.1) is 33.4 Å². The Morgan fingerprint density at radius 1 is 0.848 bits per heavy atom. The first-order valence-corrected chi connectivity index (χ1v) is 9.69. The quantitative estimate of drug-likeness (QED) is 0.140. The summed E-state index contributed by atoms with van der Waals surface area (Å²) in [6, 6.07) is 11.6. The normalized spacial score (nSPS) is 10.7. The van der Waals surface area contributed by atoms with Gasteiger partial charge >= 0.3 is 0 Å². The Labute approximate surface area is 188 Å². The zero-order valence-electron chi connectivity index (χ0n) is 17.5. The Bertz CT molecular complexity index is 1060. The number of nitrogens with one attached hydrogen (secondary N) is 2. The molecule has 0 heterocycles. The van der Waals surface area contributed by atoms with Crippen molar-refractivity contribution in [3.05, 3.63) is 91.5 Å². The molecule has 2 aromatic carbocycles. The number of carbonyl (C=O) groups excluding carboxylic acids is 2. The second-order valence-corrected chi connectivity index (χ2v) is 6.44. The van der Waals surface area contributed by atoms with Gasteiger partial charge in [0, 0.05) is 12.1 Å². The summed E-state index contributed by atoms with van der Waals surface area (Å²) >= 11 is 0. The highest BCUT2D eigenvalue weighted by molar-refractivity contribution is 6.18. The Hall–Kier alpha value is -4.74. The zero-order chi connectivity index (χ0) is 24.2. The molecule has 0 aliphatic carbocycles. The minimum atomic E-state index is -0.850. The molecule has 170 valence electrons. The molecule has 2 N–H and O–H groups in total. The SMILES string of the molecule is CCCC=C(C(=O)NN=Cc1ccccc1[N+](=O)[O-])C(=O)NN=Cc1ccccc1[N+](=O)[O-]. The van der Waals surface area contributed by atoms with Crippen LogP contribution in [0, 0.1) is 20.2 Å². The van der Waals surface area contributed by atoms with Gasteiger partial charge in [-0.3, -0.25) is 29.8 Å². The van der Waals surface area contributed by atoms with Crippen molar-refractivity contribution in [2.75, 3.05) is 0 Å². The van der Waals surface area contributed by atoms with Crippen LogP contribution in [0.1, 0.15) is 30.9 Å². The second kappa shape index (κ2) is 12.2. The Kier molecular flexibility index (Phi) is 9.07. The molecular weight excluding hydrogens is 432 g/mol. The molecule has 0 aromatic heterocycles. The lowest BCUT2D eigenvalue weighted by molar-refractivity contribution is -0.385. The molecule has 0 fully saturated rings. The first kappa shape index (κ1) is 24.5. The standard InChI is InChI=1S/C21H20N6O6/c1-2-3-10-17(20(28)24-22-13-15-8-4-6-11-18(15)26(30)31)21(29)25-23-14-16-9-5-7-12-19(16)27(32)33/h4-14H,2-3H2,1H3,(H,24,28)(H,25,29). The van der Waals surface area contributed by atoms with Gasteiger partial charge < -0.3 is 0 Å². The number of nitro benzene ring substituents is 2. The number of benzene rings is 2. The highest BCUT2D eigenvalue weighted by Crippen LogP contribution is 2.16. The summed E-state index contributed by atoms with van der Waals surface area (Å²) in [6.07, 6.45) is 4.66. The summed E-state index contributed by atoms with van der Waals surface area (Å²) in [6.45, 7) is 1.85.